The van der Waals surface area contributed by atoms with E-state index < -0.39 is 0 Å². The van der Waals surface area contributed by atoms with E-state index in [0.29, 0.717) is 23.8 Å². The SMILES string of the molecule is Cc1noc(CNC(=O)Cn2c3c(c4ccccc42)CCN2C(=O)c4ccccc4N(C)C32)n1. The van der Waals surface area contributed by atoms with Gasteiger partial charge >= 0.3 is 0 Å². The number of benzene rings is 2. The monoisotopic (exact) mass is 456 g/mol. The van der Waals surface area contributed by atoms with E-state index in [9.17, 15) is 9.59 Å². The number of aryl methyl sites for hydroxylation is 1. The summed E-state index contributed by atoms with van der Waals surface area (Å²) in [5.74, 6) is 0.754. The normalized spacial score (nSPS) is 16.9. The minimum absolute atomic E-state index is 0.0253. The van der Waals surface area contributed by atoms with Crippen molar-refractivity contribution in [1.82, 2.24) is 24.9 Å². The van der Waals surface area contributed by atoms with Gasteiger partial charge in [0.2, 0.25) is 11.8 Å². The van der Waals surface area contributed by atoms with Gasteiger partial charge in [-0.2, -0.15) is 4.98 Å². The van der Waals surface area contributed by atoms with Gasteiger partial charge < -0.3 is 24.2 Å². The third-order valence-corrected chi connectivity index (χ3v) is 6.71. The highest BCUT2D eigenvalue weighted by atomic mass is 16.5. The van der Waals surface area contributed by atoms with Crippen LogP contribution in [0.1, 0.15) is 39.5 Å². The molecular weight excluding hydrogens is 432 g/mol. The Hall–Kier alpha value is -4.14. The van der Waals surface area contributed by atoms with Crippen LogP contribution in [0.3, 0.4) is 0 Å². The highest BCUT2D eigenvalue weighted by Gasteiger charge is 2.42. The Balaban J connectivity index is 1.41. The van der Waals surface area contributed by atoms with Crippen molar-refractivity contribution in [3.8, 4) is 0 Å². The van der Waals surface area contributed by atoms with E-state index in [4.69, 9.17) is 4.52 Å². The van der Waals surface area contributed by atoms with E-state index in [1.807, 2.05) is 59.0 Å². The summed E-state index contributed by atoms with van der Waals surface area (Å²) in [4.78, 5) is 34.6. The number of amides is 2. The van der Waals surface area contributed by atoms with E-state index in [0.717, 1.165) is 28.7 Å². The molecule has 4 heterocycles. The fourth-order valence-electron chi connectivity index (χ4n) is 5.26. The third-order valence-electron chi connectivity index (χ3n) is 6.71. The molecule has 9 heteroatoms. The van der Waals surface area contributed by atoms with Gasteiger partial charge in [0, 0.05) is 24.5 Å². The topological polar surface area (TPSA) is 96.5 Å². The summed E-state index contributed by atoms with van der Waals surface area (Å²) in [6, 6.07) is 15.8. The number of nitrogens with zero attached hydrogens (tertiary/aromatic N) is 5. The van der Waals surface area contributed by atoms with E-state index in [2.05, 4.69) is 26.4 Å². The van der Waals surface area contributed by atoms with Crippen LogP contribution < -0.4 is 10.2 Å². The number of aromatic nitrogens is 3. The van der Waals surface area contributed by atoms with E-state index >= 15 is 0 Å². The predicted molar refractivity (Wildman–Crippen MR) is 125 cm³/mol. The lowest BCUT2D eigenvalue weighted by Gasteiger charge is -2.46. The largest absolute Gasteiger partial charge is 0.349 e. The number of hydrogen-bond acceptors (Lipinski definition) is 6. The predicted octanol–water partition coefficient (Wildman–Crippen LogP) is 2.80. The molecule has 0 bridgehead atoms. The molecule has 0 aliphatic carbocycles. The minimum atomic E-state index is -0.287. The van der Waals surface area contributed by atoms with Crippen molar-refractivity contribution in [2.75, 3.05) is 18.5 Å². The molecular formula is C25H24N6O3. The van der Waals surface area contributed by atoms with Crippen molar-refractivity contribution < 1.29 is 14.1 Å². The summed E-state index contributed by atoms with van der Waals surface area (Å²) in [5.41, 5.74) is 4.77. The van der Waals surface area contributed by atoms with E-state index in [-0.39, 0.29) is 31.1 Å². The Morgan fingerprint density at radius 2 is 1.97 bits per heavy atom. The van der Waals surface area contributed by atoms with Gasteiger partial charge in [0.1, 0.15) is 12.7 Å². The summed E-state index contributed by atoms with van der Waals surface area (Å²) in [6.07, 6.45) is 0.453. The fourth-order valence-corrected chi connectivity index (χ4v) is 5.26. The van der Waals surface area contributed by atoms with Crippen LogP contribution in [0.15, 0.2) is 53.1 Å². The van der Waals surface area contributed by atoms with Crippen LogP contribution >= 0.6 is 0 Å². The summed E-state index contributed by atoms with van der Waals surface area (Å²) in [6.45, 7) is 2.66. The van der Waals surface area contributed by atoms with E-state index in [1.165, 1.54) is 5.56 Å². The van der Waals surface area contributed by atoms with Crippen LogP contribution in [0.4, 0.5) is 5.69 Å². The Bertz CT molecular complexity index is 1440. The molecule has 4 aromatic rings. The number of hydrogen-bond donors (Lipinski definition) is 1. The van der Waals surface area contributed by atoms with Crippen molar-refractivity contribution in [2.24, 2.45) is 0 Å². The quantitative estimate of drug-likeness (QED) is 0.507. The van der Waals surface area contributed by atoms with Gasteiger partial charge in [-0.3, -0.25) is 9.59 Å². The standard InChI is InChI=1S/C25H24N6O3/c1-15-27-22(34-28-15)13-26-21(32)14-31-20-10-6-3-7-16(20)17-11-12-30-24(23(17)31)29(2)19-9-5-4-8-18(19)25(30)33/h3-10,24H,11-14H2,1-2H3,(H,26,32). The molecule has 2 aliphatic heterocycles. The highest BCUT2D eigenvalue weighted by molar-refractivity contribution is 6.02. The molecule has 9 nitrogen and oxygen atoms in total. The lowest BCUT2D eigenvalue weighted by atomic mass is 9.96. The van der Waals surface area contributed by atoms with Crippen molar-refractivity contribution in [1.29, 1.82) is 0 Å². The van der Waals surface area contributed by atoms with Gasteiger partial charge in [0.15, 0.2) is 5.82 Å². The van der Waals surface area contributed by atoms with E-state index in [1.54, 1.807) is 6.92 Å². The first-order valence-corrected chi connectivity index (χ1v) is 11.3. The van der Waals surface area contributed by atoms with Crippen LogP contribution in [0.25, 0.3) is 10.9 Å². The van der Waals surface area contributed by atoms with Crippen LogP contribution in [0.5, 0.6) is 0 Å². The molecule has 34 heavy (non-hydrogen) atoms. The van der Waals surface area contributed by atoms with Gasteiger partial charge in [-0.25, -0.2) is 0 Å². The first-order valence-electron chi connectivity index (χ1n) is 11.3. The zero-order chi connectivity index (χ0) is 23.4. The molecule has 0 spiro atoms. The number of fused-ring (bicyclic) bond motifs is 6. The molecule has 0 saturated carbocycles. The second-order valence-electron chi connectivity index (χ2n) is 8.73. The molecule has 1 atom stereocenters. The first kappa shape index (κ1) is 20.5. The van der Waals surface area contributed by atoms with Crippen LogP contribution in [0, 0.1) is 6.92 Å². The number of carbonyl (C=O) groups is 2. The lowest BCUT2D eigenvalue weighted by Crippen LogP contribution is -2.51. The second kappa shape index (κ2) is 7.72. The van der Waals surface area contributed by atoms with Crippen LogP contribution in [0.2, 0.25) is 0 Å². The number of para-hydroxylation sites is 2. The fraction of sp³-hybridized carbons (Fsp3) is 0.280. The molecule has 1 unspecified atom stereocenters. The molecule has 6 rings (SSSR count). The van der Waals surface area contributed by atoms with Crippen molar-refractivity contribution >= 4 is 28.4 Å². The molecule has 0 radical (unpaired) electrons. The maximum absolute atomic E-state index is 13.4. The summed E-state index contributed by atoms with van der Waals surface area (Å²) >= 11 is 0. The Morgan fingerprint density at radius 3 is 2.79 bits per heavy atom. The molecule has 0 saturated heterocycles. The molecule has 2 aromatic heterocycles. The number of anilines is 1. The highest BCUT2D eigenvalue weighted by Crippen LogP contribution is 2.44. The van der Waals surface area contributed by atoms with Crippen molar-refractivity contribution in [2.45, 2.75) is 32.6 Å². The first-order chi connectivity index (χ1) is 16.5. The van der Waals surface area contributed by atoms with Crippen LogP contribution in [-0.4, -0.2) is 45.0 Å². The smallest absolute Gasteiger partial charge is 0.257 e. The second-order valence-corrected chi connectivity index (χ2v) is 8.73. The van der Waals surface area contributed by atoms with Crippen molar-refractivity contribution in [3.63, 3.8) is 0 Å². The van der Waals surface area contributed by atoms with Crippen LogP contribution in [-0.2, 0) is 24.3 Å². The summed E-state index contributed by atoms with van der Waals surface area (Å²) in [7, 11) is 2.01. The average Bonchev–Trinajstić information content (AvgIpc) is 3.42. The summed E-state index contributed by atoms with van der Waals surface area (Å²) < 4.78 is 7.16. The molecule has 0 fully saturated rings. The molecule has 1 N–H and O–H groups in total. The maximum atomic E-state index is 13.4. The molecule has 2 aliphatic rings. The number of carbonyl (C=O) groups excluding carboxylic acids is 2. The number of rotatable bonds is 4. The third kappa shape index (κ3) is 3.07. The molecule has 2 aromatic carbocycles. The molecule has 172 valence electrons. The number of nitrogens with one attached hydrogen (secondary N) is 1. The zero-order valence-electron chi connectivity index (χ0n) is 19.0. The molecule has 2 amide bonds. The summed E-state index contributed by atoms with van der Waals surface area (Å²) in [5, 5.41) is 7.76. The lowest BCUT2D eigenvalue weighted by molar-refractivity contribution is -0.121. The van der Waals surface area contributed by atoms with Gasteiger partial charge in [-0.1, -0.05) is 35.5 Å². The Morgan fingerprint density at radius 1 is 1.18 bits per heavy atom. The van der Waals surface area contributed by atoms with Gasteiger partial charge in [0.25, 0.3) is 5.91 Å². The average molecular weight is 457 g/mol. The maximum Gasteiger partial charge on any atom is 0.257 e. The van der Waals surface area contributed by atoms with Gasteiger partial charge in [-0.05, 0) is 37.1 Å². The zero-order valence-corrected chi connectivity index (χ0v) is 19.0. The Labute approximate surface area is 195 Å². The van der Waals surface area contributed by atoms with Gasteiger partial charge in [0.05, 0.1) is 23.5 Å². The Kier molecular flexibility index (Phi) is 4.65. The van der Waals surface area contributed by atoms with Gasteiger partial charge in [-0.15, -0.1) is 0 Å². The minimum Gasteiger partial charge on any atom is -0.349 e. The van der Waals surface area contributed by atoms with Crippen molar-refractivity contribution in [3.05, 3.63) is 77.1 Å².